The van der Waals surface area contributed by atoms with E-state index in [4.69, 9.17) is 4.52 Å². The van der Waals surface area contributed by atoms with Crippen LogP contribution in [-0.2, 0) is 15.3 Å². The summed E-state index contributed by atoms with van der Waals surface area (Å²) in [5.74, 6) is 1.73. The van der Waals surface area contributed by atoms with E-state index in [1.54, 1.807) is 18.7 Å². The quantitative estimate of drug-likeness (QED) is 0.906. The summed E-state index contributed by atoms with van der Waals surface area (Å²) < 4.78 is 5.10. The van der Waals surface area contributed by atoms with Gasteiger partial charge in [-0.1, -0.05) is 5.16 Å². The van der Waals surface area contributed by atoms with Gasteiger partial charge in [-0.05, 0) is 27.7 Å². The number of carbonyl (C=O) groups excluding carboxylic acids is 2. The van der Waals surface area contributed by atoms with Crippen LogP contribution in [0.5, 0.6) is 0 Å². The lowest BCUT2D eigenvalue weighted by Gasteiger charge is -2.41. The molecule has 1 aliphatic rings. The number of rotatable bonds is 4. The first kappa shape index (κ1) is 15.9. The Hall–Kier alpha value is -1.50. The van der Waals surface area contributed by atoms with Crippen LogP contribution in [0, 0.1) is 13.8 Å². The van der Waals surface area contributed by atoms with E-state index in [9.17, 15) is 9.59 Å². The molecule has 1 N–H and O–H groups in total. The maximum Gasteiger partial charge on any atom is 0.245 e. The molecular formula is C14H21N3O3S. The first-order chi connectivity index (χ1) is 9.84. The minimum absolute atomic E-state index is 0.00777. The summed E-state index contributed by atoms with van der Waals surface area (Å²) in [6.07, 6.45) is 0. The van der Waals surface area contributed by atoms with Crippen LogP contribution in [0.25, 0.3) is 0 Å². The third-order valence-electron chi connectivity index (χ3n) is 3.81. The predicted octanol–water partition coefficient (Wildman–Crippen LogP) is 1.26. The van der Waals surface area contributed by atoms with Gasteiger partial charge in [-0.25, -0.2) is 0 Å². The molecule has 0 saturated carbocycles. The molecule has 0 atom stereocenters. The van der Waals surface area contributed by atoms with Crippen LogP contribution < -0.4 is 5.32 Å². The molecule has 0 unspecified atom stereocenters. The van der Waals surface area contributed by atoms with E-state index in [1.807, 2.05) is 13.8 Å². The van der Waals surface area contributed by atoms with E-state index >= 15 is 0 Å². The van der Waals surface area contributed by atoms with E-state index in [-0.39, 0.29) is 11.8 Å². The van der Waals surface area contributed by atoms with Crippen LogP contribution in [0.4, 0.5) is 0 Å². The number of hydrogen-bond donors (Lipinski definition) is 1. The van der Waals surface area contributed by atoms with E-state index in [2.05, 4.69) is 10.5 Å². The number of amides is 2. The van der Waals surface area contributed by atoms with Crippen molar-refractivity contribution in [3.8, 4) is 0 Å². The first-order valence-electron chi connectivity index (χ1n) is 6.92. The van der Waals surface area contributed by atoms with Gasteiger partial charge < -0.3 is 14.7 Å². The van der Waals surface area contributed by atoms with Crippen molar-refractivity contribution in [3.63, 3.8) is 0 Å². The van der Waals surface area contributed by atoms with Gasteiger partial charge in [0.25, 0.3) is 0 Å². The van der Waals surface area contributed by atoms with Gasteiger partial charge in [-0.15, -0.1) is 11.8 Å². The number of hydrogen-bond acceptors (Lipinski definition) is 5. The maximum atomic E-state index is 12.3. The topological polar surface area (TPSA) is 75.4 Å². The number of aromatic nitrogens is 1. The number of aryl methyl sites for hydroxylation is 2. The van der Waals surface area contributed by atoms with Gasteiger partial charge in [-0.3, -0.25) is 9.59 Å². The summed E-state index contributed by atoms with van der Waals surface area (Å²) in [5.41, 5.74) is 1.13. The third kappa shape index (κ3) is 3.23. The molecule has 21 heavy (non-hydrogen) atoms. The van der Waals surface area contributed by atoms with Crippen LogP contribution >= 0.6 is 11.8 Å². The summed E-state index contributed by atoms with van der Waals surface area (Å²) in [6, 6.07) is 0. The van der Waals surface area contributed by atoms with Crippen LogP contribution in [0.3, 0.4) is 0 Å². The molecule has 0 radical (unpaired) electrons. The maximum absolute atomic E-state index is 12.3. The normalized spacial score (nSPS) is 17.7. The molecule has 1 aromatic rings. The zero-order chi connectivity index (χ0) is 15.6. The number of thioether (sulfide) groups is 1. The van der Waals surface area contributed by atoms with Gasteiger partial charge in [0.05, 0.1) is 11.4 Å². The van der Waals surface area contributed by atoms with Crippen LogP contribution in [0.2, 0.25) is 0 Å². The second-order valence-electron chi connectivity index (χ2n) is 5.66. The fourth-order valence-electron chi connectivity index (χ4n) is 2.36. The number of nitrogens with zero attached hydrogens (tertiary/aromatic N) is 2. The molecule has 0 bridgehead atoms. The third-order valence-corrected chi connectivity index (χ3v) is 4.75. The Bertz CT molecular complexity index is 534. The Balaban J connectivity index is 1.91. The Labute approximate surface area is 128 Å². The standard InChI is InChI=1S/C14H21N3O3S/c1-9-11(10(2)20-16-9)7-21-8-12(18)17-6-5-15-13(19)14(17,3)4/h5-8H2,1-4H3,(H,15,19). The Morgan fingerprint density at radius 1 is 1.48 bits per heavy atom. The van der Waals surface area contributed by atoms with Crippen molar-refractivity contribution in [1.82, 2.24) is 15.4 Å². The number of carbonyl (C=O) groups is 2. The van der Waals surface area contributed by atoms with Gasteiger partial charge in [0.15, 0.2) is 0 Å². The number of piperazine rings is 1. The summed E-state index contributed by atoms with van der Waals surface area (Å²) in [4.78, 5) is 25.9. The molecule has 7 heteroatoms. The summed E-state index contributed by atoms with van der Waals surface area (Å²) in [7, 11) is 0. The summed E-state index contributed by atoms with van der Waals surface area (Å²) in [6.45, 7) is 8.39. The van der Waals surface area contributed by atoms with Gasteiger partial charge in [0, 0.05) is 24.4 Å². The fourth-order valence-corrected chi connectivity index (χ4v) is 3.41. The molecule has 1 fully saturated rings. The zero-order valence-corrected chi connectivity index (χ0v) is 13.7. The monoisotopic (exact) mass is 311 g/mol. The lowest BCUT2D eigenvalue weighted by atomic mass is 9.99. The average Bonchev–Trinajstić information content (AvgIpc) is 2.73. The Morgan fingerprint density at radius 2 is 2.19 bits per heavy atom. The van der Waals surface area contributed by atoms with Crippen molar-refractivity contribution in [2.24, 2.45) is 0 Å². The van der Waals surface area contributed by atoms with Gasteiger partial charge in [0.2, 0.25) is 11.8 Å². The highest BCUT2D eigenvalue weighted by atomic mass is 32.2. The van der Waals surface area contributed by atoms with Gasteiger partial charge >= 0.3 is 0 Å². The van der Waals surface area contributed by atoms with Crippen LogP contribution in [0.15, 0.2) is 4.52 Å². The van der Waals surface area contributed by atoms with Crippen LogP contribution in [0.1, 0.15) is 30.9 Å². The van der Waals surface area contributed by atoms with Crippen molar-refractivity contribution in [2.45, 2.75) is 39.0 Å². The van der Waals surface area contributed by atoms with E-state index in [0.717, 1.165) is 17.0 Å². The molecule has 0 aromatic carbocycles. The highest BCUT2D eigenvalue weighted by molar-refractivity contribution is 7.99. The molecular weight excluding hydrogens is 290 g/mol. The fraction of sp³-hybridized carbons (Fsp3) is 0.643. The van der Waals surface area contributed by atoms with Crippen molar-refractivity contribution in [1.29, 1.82) is 0 Å². The van der Waals surface area contributed by atoms with Gasteiger partial charge in [0.1, 0.15) is 11.3 Å². The van der Waals surface area contributed by atoms with Crippen molar-refractivity contribution in [3.05, 3.63) is 17.0 Å². The molecule has 1 saturated heterocycles. The van der Waals surface area contributed by atoms with E-state index in [0.29, 0.717) is 24.6 Å². The lowest BCUT2D eigenvalue weighted by molar-refractivity contribution is -0.147. The molecule has 0 aliphatic carbocycles. The van der Waals surface area contributed by atoms with Crippen LogP contribution in [-0.4, -0.2) is 46.3 Å². The second kappa shape index (κ2) is 6.09. The SMILES string of the molecule is Cc1noc(C)c1CSCC(=O)N1CCNC(=O)C1(C)C. The second-order valence-corrected chi connectivity index (χ2v) is 6.64. The molecule has 2 amide bonds. The minimum Gasteiger partial charge on any atom is -0.361 e. The van der Waals surface area contributed by atoms with Crippen molar-refractivity contribution < 1.29 is 14.1 Å². The zero-order valence-electron chi connectivity index (χ0n) is 12.9. The van der Waals surface area contributed by atoms with E-state index < -0.39 is 5.54 Å². The van der Waals surface area contributed by atoms with Crippen molar-refractivity contribution >= 4 is 23.6 Å². The van der Waals surface area contributed by atoms with Gasteiger partial charge in [-0.2, -0.15) is 0 Å². The Kier molecular flexibility index (Phi) is 4.61. The van der Waals surface area contributed by atoms with Crippen molar-refractivity contribution in [2.75, 3.05) is 18.8 Å². The molecule has 2 rings (SSSR count). The molecule has 2 heterocycles. The molecule has 1 aromatic heterocycles. The average molecular weight is 311 g/mol. The molecule has 1 aliphatic heterocycles. The largest absolute Gasteiger partial charge is 0.361 e. The molecule has 0 spiro atoms. The van der Waals surface area contributed by atoms with E-state index in [1.165, 1.54) is 11.8 Å². The smallest absolute Gasteiger partial charge is 0.245 e. The number of nitrogens with one attached hydrogen (secondary N) is 1. The minimum atomic E-state index is -0.779. The highest BCUT2D eigenvalue weighted by Crippen LogP contribution is 2.22. The highest BCUT2D eigenvalue weighted by Gasteiger charge is 2.40. The summed E-state index contributed by atoms with van der Waals surface area (Å²) in [5, 5.41) is 6.69. The molecule has 6 nitrogen and oxygen atoms in total. The first-order valence-corrected chi connectivity index (χ1v) is 8.07. The molecule has 116 valence electrons. The summed E-state index contributed by atoms with van der Waals surface area (Å²) >= 11 is 1.52. The Morgan fingerprint density at radius 3 is 2.81 bits per heavy atom. The predicted molar refractivity (Wildman–Crippen MR) is 80.9 cm³/mol. The lowest BCUT2D eigenvalue weighted by Crippen LogP contribution is -2.63.